The van der Waals surface area contributed by atoms with Crippen LogP contribution in [0.1, 0.15) is 50.6 Å². The highest BCUT2D eigenvalue weighted by atomic mass is 16.3. The third-order valence-corrected chi connectivity index (χ3v) is 7.05. The first-order chi connectivity index (χ1) is 17.7. The van der Waals surface area contributed by atoms with Crippen molar-refractivity contribution in [1.29, 1.82) is 0 Å². The molecule has 0 atom stereocenters. The van der Waals surface area contributed by atoms with Crippen LogP contribution in [-0.4, -0.2) is 39.2 Å². The zero-order chi connectivity index (χ0) is 24.5. The summed E-state index contributed by atoms with van der Waals surface area (Å²) in [5, 5.41) is 3.85. The molecule has 1 saturated heterocycles. The van der Waals surface area contributed by atoms with Gasteiger partial charge in [0.1, 0.15) is 17.5 Å². The lowest BCUT2D eigenvalue weighted by molar-refractivity contribution is 0.0713. The summed E-state index contributed by atoms with van der Waals surface area (Å²) in [6, 6.07) is 19.4. The molecular weight excluding hydrogens is 452 g/mol. The van der Waals surface area contributed by atoms with E-state index < -0.39 is 0 Å². The van der Waals surface area contributed by atoms with Crippen LogP contribution >= 0.6 is 0 Å². The first-order valence-corrected chi connectivity index (χ1v) is 12.2. The highest BCUT2D eigenvalue weighted by Crippen LogP contribution is 2.30. The molecule has 180 valence electrons. The van der Waals surface area contributed by atoms with Gasteiger partial charge in [0.2, 0.25) is 0 Å². The maximum absolute atomic E-state index is 13.1. The number of piperidine rings is 1. The van der Waals surface area contributed by atoms with Crippen molar-refractivity contribution < 1.29 is 14.0 Å². The summed E-state index contributed by atoms with van der Waals surface area (Å²) < 4.78 is 7.49. The van der Waals surface area contributed by atoms with Crippen molar-refractivity contribution in [1.82, 2.24) is 19.6 Å². The van der Waals surface area contributed by atoms with Crippen LogP contribution in [0.5, 0.6) is 0 Å². The number of furan rings is 1. The molecule has 7 heteroatoms. The SMILES string of the molecule is O=C(NCc1ccn2ccnc2c1)c1ccc(C2CCN(C(=O)c3coc4ccccc34)CC2)cc1. The highest BCUT2D eigenvalue weighted by molar-refractivity contribution is 6.05. The van der Waals surface area contributed by atoms with E-state index in [1.807, 2.05) is 82.4 Å². The van der Waals surface area contributed by atoms with Crippen molar-refractivity contribution in [2.24, 2.45) is 0 Å². The summed E-state index contributed by atoms with van der Waals surface area (Å²) in [4.78, 5) is 31.9. The Bertz CT molecular complexity index is 1540. The monoisotopic (exact) mass is 478 g/mol. The second-order valence-corrected chi connectivity index (χ2v) is 9.24. The second kappa shape index (κ2) is 9.34. The van der Waals surface area contributed by atoms with Crippen LogP contribution < -0.4 is 5.32 Å². The molecule has 7 nitrogen and oxygen atoms in total. The van der Waals surface area contributed by atoms with Crippen molar-refractivity contribution >= 4 is 28.4 Å². The third kappa shape index (κ3) is 4.24. The standard InChI is InChI=1S/C29H26N4O3/c34-28(31-18-20-9-13-32-16-12-30-27(32)17-20)23-7-5-21(6-8-23)22-10-14-33(15-11-22)29(35)25-19-36-26-4-2-1-3-24(25)26/h1-9,12-13,16-17,19,22H,10-11,14-15,18H2,(H,31,34). The molecule has 0 unspecified atom stereocenters. The lowest BCUT2D eigenvalue weighted by Gasteiger charge is -2.32. The van der Waals surface area contributed by atoms with E-state index in [0.717, 1.165) is 35.0 Å². The van der Waals surface area contributed by atoms with Gasteiger partial charge in [0.05, 0.1) is 5.56 Å². The van der Waals surface area contributed by atoms with Gasteiger partial charge in [-0.05, 0) is 60.2 Å². The van der Waals surface area contributed by atoms with Gasteiger partial charge in [0, 0.05) is 49.2 Å². The topological polar surface area (TPSA) is 79.9 Å². The molecule has 1 aliphatic heterocycles. The normalized spacial score (nSPS) is 14.4. The quantitative estimate of drug-likeness (QED) is 0.384. The minimum absolute atomic E-state index is 0.0253. The van der Waals surface area contributed by atoms with E-state index in [0.29, 0.717) is 36.7 Å². The zero-order valence-corrected chi connectivity index (χ0v) is 19.8. The Morgan fingerprint density at radius 1 is 1.00 bits per heavy atom. The van der Waals surface area contributed by atoms with Crippen molar-refractivity contribution in [2.45, 2.75) is 25.3 Å². The molecule has 36 heavy (non-hydrogen) atoms. The number of likely N-dealkylation sites (tertiary alicyclic amines) is 1. The molecule has 5 aromatic rings. The number of imidazole rings is 1. The fraction of sp³-hybridized carbons (Fsp3) is 0.207. The number of nitrogens with zero attached hydrogens (tertiary/aromatic N) is 3. The number of amides is 2. The molecule has 6 rings (SSSR count). The first-order valence-electron chi connectivity index (χ1n) is 12.2. The summed E-state index contributed by atoms with van der Waals surface area (Å²) in [5.41, 5.74) is 5.07. The molecular formula is C29H26N4O3. The molecule has 0 spiro atoms. The molecule has 3 aromatic heterocycles. The number of carbonyl (C=O) groups excluding carboxylic acids is 2. The molecule has 0 aliphatic carbocycles. The second-order valence-electron chi connectivity index (χ2n) is 9.24. The fourth-order valence-corrected chi connectivity index (χ4v) is 4.98. The van der Waals surface area contributed by atoms with Crippen LogP contribution in [0.25, 0.3) is 16.6 Å². The molecule has 1 fully saturated rings. The molecule has 2 aromatic carbocycles. The maximum Gasteiger partial charge on any atom is 0.257 e. The molecule has 2 amide bonds. The number of pyridine rings is 1. The molecule has 1 N–H and O–H groups in total. The van der Waals surface area contributed by atoms with E-state index in [9.17, 15) is 9.59 Å². The largest absolute Gasteiger partial charge is 0.463 e. The van der Waals surface area contributed by atoms with Crippen molar-refractivity contribution in [3.63, 3.8) is 0 Å². The van der Waals surface area contributed by atoms with Gasteiger partial charge in [0.15, 0.2) is 0 Å². The number of hydrogen-bond acceptors (Lipinski definition) is 4. The van der Waals surface area contributed by atoms with Gasteiger partial charge in [-0.3, -0.25) is 9.59 Å². The molecule has 1 aliphatic rings. The van der Waals surface area contributed by atoms with Crippen molar-refractivity contribution in [2.75, 3.05) is 13.1 Å². The van der Waals surface area contributed by atoms with Crippen LogP contribution in [0.3, 0.4) is 0 Å². The number of benzene rings is 2. The lowest BCUT2D eigenvalue weighted by Crippen LogP contribution is -2.37. The average molecular weight is 479 g/mol. The van der Waals surface area contributed by atoms with E-state index in [1.165, 1.54) is 5.56 Å². The van der Waals surface area contributed by atoms with Gasteiger partial charge in [0.25, 0.3) is 11.8 Å². The van der Waals surface area contributed by atoms with E-state index in [-0.39, 0.29) is 11.8 Å². The van der Waals surface area contributed by atoms with E-state index in [1.54, 1.807) is 12.5 Å². The van der Waals surface area contributed by atoms with Gasteiger partial charge in [-0.1, -0.05) is 30.3 Å². The van der Waals surface area contributed by atoms with Crippen LogP contribution in [0.15, 0.2) is 89.9 Å². The first kappa shape index (κ1) is 22.1. The molecule has 4 heterocycles. The van der Waals surface area contributed by atoms with E-state index in [4.69, 9.17) is 4.42 Å². The number of aromatic nitrogens is 2. The van der Waals surface area contributed by atoms with Crippen LogP contribution in [0.2, 0.25) is 0 Å². The Balaban J connectivity index is 1.04. The molecule has 0 saturated carbocycles. The number of hydrogen-bond donors (Lipinski definition) is 1. The Kier molecular flexibility index (Phi) is 5.73. The van der Waals surface area contributed by atoms with Gasteiger partial charge in [-0.15, -0.1) is 0 Å². The summed E-state index contributed by atoms with van der Waals surface area (Å²) in [7, 11) is 0. The number of rotatable bonds is 5. The van der Waals surface area contributed by atoms with Crippen LogP contribution in [0, 0.1) is 0 Å². The number of para-hydroxylation sites is 1. The Labute approximate surface area is 208 Å². The number of nitrogens with one attached hydrogen (secondary N) is 1. The number of carbonyl (C=O) groups is 2. The van der Waals surface area contributed by atoms with Crippen LogP contribution in [-0.2, 0) is 6.54 Å². The van der Waals surface area contributed by atoms with Gasteiger partial charge in [-0.25, -0.2) is 4.98 Å². The summed E-state index contributed by atoms with van der Waals surface area (Å²) in [5.74, 6) is 0.295. The molecule has 0 radical (unpaired) electrons. The minimum Gasteiger partial charge on any atom is -0.463 e. The predicted octanol–water partition coefficient (Wildman–Crippen LogP) is 5.03. The fourth-order valence-electron chi connectivity index (χ4n) is 4.98. The van der Waals surface area contributed by atoms with E-state index >= 15 is 0 Å². The number of fused-ring (bicyclic) bond motifs is 2. The van der Waals surface area contributed by atoms with Crippen molar-refractivity contribution in [3.8, 4) is 0 Å². The third-order valence-electron chi connectivity index (χ3n) is 7.05. The van der Waals surface area contributed by atoms with Gasteiger partial charge < -0.3 is 19.0 Å². The maximum atomic E-state index is 13.1. The average Bonchev–Trinajstić information content (AvgIpc) is 3.58. The summed E-state index contributed by atoms with van der Waals surface area (Å²) in [6.45, 7) is 1.85. The summed E-state index contributed by atoms with van der Waals surface area (Å²) >= 11 is 0. The highest BCUT2D eigenvalue weighted by Gasteiger charge is 2.26. The lowest BCUT2D eigenvalue weighted by atomic mass is 9.88. The smallest absolute Gasteiger partial charge is 0.257 e. The summed E-state index contributed by atoms with van der Waals surface area (Å²) in [6.07, 6.45) is 8.94. The molecule has 0 bridgehead atoms. The van der Waals surface area contributed by atoms with Gasteiger partial charge >= 0.3 is 0 Å². The van der Waals surface area contributed by atoms with Crippen LogP contribution in [0.4, 0.5) is 0 Å². The van der Waals surface area contributed by atoms with E-state index in [2.05, 4.69) is 10.3 Å². The zero-order valence-electron chi connectivity index (χ0n) is 19.8. The Morgan fingerprint density at radius 2 is 1.81 bits per heavy atom. The van der Waals surface area contributed by atoms with Gasteiger partial charge in [-0.2, -0.15) is 0 Å². The Morgan fingerprint density at radius 3 is 2.64 bits per heavy atom. The van der Waals surface area contributed by atoms with Crippen molar-refractivity contribution in [3.05, 3.63) is 108 Å². The predicted molar refractivity (Wildman–Crippen MR) is 137 cm³/mol. The Hall–Kier alpha value is -4.39. The minimum atomic E-state index is -0.0995.